The molecule has 4 rings (SSSR count). The Hall–Kier alpha value is -2.67. The number of aliphatic hydroxyl groups excluding tert-OH is 1. The SMILES string of the molecule is NC(=O)c1ccc2nc(NC3CCC(O)CC3)c3nccn3c2c1. The second kappa shape index (κ2) is 5.76. The van der Waals surface area contributed by atoms with Gasteiger partial charge in [0.1, 0.15) is 0 Å². The first kappa shape index (κ1) is 14.9. The Balaban J connectivity index is 1.77. The van der Waals surface area contributed by atoms with Gasteiger partial charge in [-0.15, -0.1) is 0 Å². The fourth-order valence-electron chi connectivity index (χ4n) is 3.32. The molecule has 1 aliphatic rings. The maximum atomic E-state index is 11.4. The number of amides is 1. The number of nitrogens with two attached hydrogens (primary N) is 1. The van der Waals surface area contributed by atoms with E-state index in [0.29, 0.717) is 5.56 Å². The summed E-state index contributed by atoms with van der Waals surface area (Å²) in [5.41, 5.74) is 8.10. The van der Waals surface area contributed by atoms with E-state index in [-0.39, 0.29) is 12.1 Å². The first-order valence-electron chi connectivity index (χ1n) is 8.13. The van der Waals surface area contributed by atoms with Crippen LogP contribution in [0.25, 0.3) is 16.7 Å². The summed E-state index contributed by atoms with van der Waals surface area (Å²) in [6.45, 7) is 0. The monoisotopic (exact) mass is 325 g/mol. The smallest absolute Gasteiger partial charge is 0.248 e. The number of anilines is 1. The van der Waals surface area contributed by atoms with E-state index in [1.807, 2.05) is 10.6 Å². The first-order valence-corrected chi connectivity index (χ1v) is 8.13. The zero-order chi connectivity index (χ0) is 16.7. The van der Waals surface area contributed by atoms with Crippen molar-refractivity contribution >= 4 is 28.4 Å². The van der Waals surface area contributed by atoms with Gasteiger partial charge in [0.15, 0.2) is 11.5 Å². The summed E-state index contributed by atoms with van der Waals surface area (Å²) >= 11 is 0. The van der Waals surface area contributed by atoms with E-state index in [2.05, 4.69) is 15.3 Å². The third-order valence-electron chi connectivity index (χ3n) is 4.64. The van der Waals surface area contributed by atoms with Crippen molar-refractivity contribution in [3.8, 4) is 0 Å². The molecule has 4 N–H and O–H groups in total. The Morgan fingerprint density at radius 2 is 2.08 bits per heavy atom. The second-order valence-electron chi connectivity index (χ2n) is 6.30. The number of aliphatic hydroxyl groups is 1. The molecule has 1 amide bonds. The molecule has 2 aromatic heterocycles. The van der Waals surface area contributed by atoms with Gasteiger partial charge >= 0.3 is 0 Å². The number of imidazole rings is 1. The summed E-state index contributed by atoms with van der Waals surface area (Å²) in [5.74, 6) is 0.258. The van der Waals surface area contributed by atoms with Crippen molar-refractivity contribution < 1.29 is 9.90 Å². The molecule has 1 aromatic carbocycles. The summed E-state index contributed by atoms with van der Waals surface area (Å²) < 4.78 is 1.91. The van der Waals surface area contributed by atoms with Crippen LogP contribution < -0.4 is 11.1 Å². The largest absolute Gasteiger partial charge is 0.393 e. The van der Waals surface area contributed by atoms with Crippen LogP contribution in [0.1, 0.15) is 36.0 Å². The van der Waals surface area contributed by atoms with Gasteiger partial charge in [0.25, 0.3) is 0 Å². The summed E-state index contributed by atoms with van der Waals surface area (Å²) in [6, 6.07) is 5.50. The van der Waals surface area contributed by atoms with Crippen LogP contribution in [0.4, 0.5) is 5.82 Å². The summed E-state index contributed by atoms with van der Waals surface area (Å²) in [6.07, 6.45) is 6.80. The van der Waals surface area contributed by atoms with Crippen molar-refractivity contribution in [2.45, 2.75) is 37.8 Å². The van der Waals surface area contributed by atoms with Crippen molar-refractivity contribution in [1.29, 1.82) is 0 Å². The number of rotatable bonds is 3. The van der Waals surface area contributed by atoms with Crippen LogP contribution in [0, 0.1) is 0 Å². The van der Waals surface area contributed by atoms with Gasteiger partial charge in [-0.05, 0) is 43.9 Å². The Morgan fingerprint density at radius 3 is 2.83 bits per heavy atom. The fourth-order valence-corrected chi connectivity index (χ4v) is 3.32. The van der Waals surface area contributed by atoms with Crippen molar-refractivity contribution in [2.24, 2.45) is 5.73 Å². The number of primary amides is 1. The normalized spacial score (nSPS) is 21.2. The molecule has 7 nitrogen and oxygen atoms in total. The predicted molar refractivity (Wildman–Crippen MR) is 90.9 cm³/mol. The average Bonchev–Trinajstić information content (AvgIpc) is 3.07. The zero-order valence-corrected chi connectivity index (χ0v) is 13.1. The van der Waals surface area contributed by atoms with Gasteiger partial charge in [-0.1, -0.05) is 0 Å². The van der Waals surface area contributed by atoms with E-state index in [9.17, 15) is 9.90 Å². The minimum Gasteiger partial charge on any atom is -0.393 e. The van der Waals surface area contributed by atoms with Crippen LogP contribution >= 0.6 is 0 Å². The van der Waals surface area contributed by atoms with Crippen LogP contribution in [0.3, 0.4) is 0 Å². The molecule has 1 aliphatic carbocycles. The Kier molecular flexibility index (Phi) is 3.57. The molecule has 0 atom stereocenters. The maximum Gasteiger partial charge on any atom is 0.248 e. The van der Waals surface area contributed by atoms with Crippen LogP contribution in [0.5, 0.6) is 0 Å². The Morgan fingerprint density at radius 1 is 1.29 bits per heavy atom. The molecule has 3 aromatic rings. The molecule has 0 unspecified atom stereocenters. The number of nitrogens with one attached hydrogen (secondary N) is 1. The number of hydrogen-bond donors (Lipinski definition) is 3. The number of benzene rings is 1. The van der Waals surface area contributed by atoms with E-state index < -0.39 is 5.91 Å². The van der Waals surface area contributed by atoms with Crippen LogP contribution in [-0.4, -0.2) is 37.5 Å². The summed E-state index contributed by atoms with van der Waals surface area (Å²) in [4.78, 5) is 20.5. The molecular formula is C17H19N5O2. The molecular weight excluding hydrogens is 306 g/mol. The quantitative estimate of drug-likeness (QED) is 0.679. The van der Waals surface area contributed by atoms with Crippen molar-refractivity contribution in [1.82, 2.24) is 14.4 Å². The molecule has 24 heavy (non-hydrogen) atoms. The van der Waals surface area contributed by atoms with Crippen molar-refractivity contribution in [3.05, 3.63) is 36.2 Å². The molecule has 1 saturated carbocycles. The molecule has 0 aliphatic heterocycles. The highest BCUT2D eigenvalue weighted by Crippen LogP contribution is 2.26. The van der Waals surface area contributed by atoms with Crippen LogP contribution in [0.15, 0.2) is 30.6 Å². The highest BCUT2D eigenvalue weighted by molar-refractivity contribution is 5.97. The standard InChI is InChI=1S/C17H19N5O2/c18-15(24)10-1-6-13-14(9-10)22-8-7-19-17(22)16(21-13)20-11-2-4-12(23)5-3-11/h1,6-9,11-12,23H,2-5H2,(H2,18,24)(H,20,21). The third-order valence-corrected chi connectivity index (χ3v) is 4.64. The van der Waals surface area contributed by atoms with Gasteiger partial charge in [-0.2, -0.15) is 0 Å². The number of fused-ring (bicyclic) bond motifs is 3. The van der Waals surface area contributed by atoms with Gasteiger partial charge < -0.3 is 16.2 Å². The minimum atomic E-state index is -0.465. The summed E-state index contributed by atoms with van der Waals surface area (Å²) in [7, 11) is 0. The lowest BCUT2D eigenvalue weighted by molar-refractivity contribution is 0.100. The topological polar surface area (TPSA) is 106 Å². The van der Waals surface area contributed by atoms with Crippen molar-refractivity contribution in [3.63, 3.8) is 0 Å². The highest BCUT2D eigenvalue weighted by atomic mass is 16.3. The highest BCUT2D eigenvalue weighted by Gasteiger charge is 2.21. The zero-order valence-electron chi connectivity index (χ0n) is 13.1. The number of carbonyl (C=O) groups is 1. The predicted octanol–water partition coefficient (Wildman–Crippen LogP) is 1.70. The van der Waals surface area contributed by atoms with Gasteiger partial charge in [0, 0.05) is 24.0 Å². The van der Waals surface area contributed by atoms with E-state index >= 15 is 0 Å². The molecule has 1 fully saturated rings. The first-order chi connectivity index (χ1) is 11.6. The van der Waals surface area contributed by atoms with Gasteiger partial charge in [-0.3, -0.25) is 9.20 Å². The number of aromatic nitrogens is 3. The lowest BCUT2D eigenvalue weighted by atomic mass is 9.93. The minimum absolute atomic E-state index is 0.189. The van der Waals surface area contributed by atoms with E-state index in [1.54, 1.807) is 24.4 Å². The Labute approximate surface area is 138 Å². The molecule has 2 heterocycles. The molecule has 7 heteroatoms. The van der Waals surface area contributed by atoms with Crippen LogP contribution in [-0.2, 0) is 0 Å². The lowest BCUT2D eigenvalue weighted by Gasteiger charge is -2.26. The molecule has 0 radical (unpaired) electrons. The van der Waals surface area contributed by atoms with Crippen LogP contribution in [0.2, 0.25) is 0 Å². The average molecular weight is 325 g/mol. The molecule has 124 valence electrons. The fraction of sp³-hybridized carbons (Fsp3) is 0.353. The van der Waals surface area contributed by atoms with Gasteiger partial charge in [0.2, 0.25) is 5.91 Å². The molecule has 0 saturated heterocycles. The van der Waals surface area contributed by atoms with Gasteiger partial charge in [-0.25, -0.2) is 9.97 Å². The van der Waals surface area contributed by atoms with Gasteiger partial charge in [0.05, 0.1) is 17.1 Å². The summed E-state index contributed by atoms with van der Waals surface area (Å²) in [5, 5.41) is 13.1. The number of carbonyl (C=O) groups excluding carboxylic acids is 1. The van der Waals surface area contributed by atoms with E-state index in [4.69, 9.17) is 5.73 Å². The third kappa shape index (κ3) is 2.56. The van der Waals surface area contributed by atoms with Crippen molar-refractivity contribution in [2.75, 3.05) is 5.32 Å². The van der Waals surface area contributed by atoms with E-state index in [0.717, 1.165) is 48.2 Å². The number of hydrogen-bond acceptors (Lipinski definition) is 5. The molecule has 0 spiro atoms. The lowest BCUT2D eigenvalue weighted by Crippen LogP contribution is -2.28. The maximum absolute atomic E-state index is 11.4. The number of nitrogens with zero attached hydrogens (tertiary/aromatic N) is 3. The molecule has 0 bridgehead atoms. The second-order valence-corrected chi connectivity index (χ2v) is 6.30. The van der Waals surface area contributed by atoms with E-state index in [1.165, 1.54) is 0 Å². The Bertz CT molecular complexity index is 912.